The number of nitrogens with one attached hydrogen (secondary N) is 1. The fraction of sp³-hybridized carbons (Fsp3) is 0.455. The predicted octanol–water partition coefficient (Wildman–Crippen LogP) is 1.96. The van der Waals surface area contributed by atoms with Crippen LogP contribution in [0.2, 0.25) is 0 Å². The number of thiazole rings is 1. The highest BCUT2D eigenvalue weighted by molar-refractivity contribution is 7.09. The monoisotopic (exact) mass is 236 g/mol. The first-order chi connectivity index (χ1) is 7.79. The lowest BCUT2D eigenvalue weighted by Gasteiger charge is -2.05. The molecule has 0 spiro atoms. The quantitative estimate of drug-likeness (QED) is 0.863. The Balaban J connectivity index is 1.84. The van der Waals surface area contributed by atoms with Gasteiger partial charge >= 0.3 is 0 Å². The Morgan fingerprint density at radius 1 is 1.44 bits per heavy atom. The molecule has 2 rings (SSSR count). The van der Waals surface area contributed by atoms with Gasteiger partial charge in [0.25, 0.3) is 0 Å². The van der Waals surface area contributed by atoms with Crippen molar-refractivity contribution < 1.29 is 0 Å². The second-order valence-electron chi connectivity index (χ2n) is 3.59. The summed E-state index contributed by atoms with van der Waals surface area (Å²) < 4.78 is 2.14. The second kappa shape index (κ2) is 5.23. The number of hydrogen-bond acceptors (Lipinski definition) is 4. The molecule has 2 aromatic rings. The van der Waals surface area contributed by atoms with Crippen LogP contribution in [-0.4, -0.2) is 14.5 Å². The van der Waals surface area contributed by atoms with Crippen LogP contribution in [0, 0.1) is 6.92 Å². The van der Waals surface area contributed by atoms with E-state index in [1.54, 1.807) is 11.3 Å². The molecular weight excluding hydrogens is 220 g/mol. The first-order valence-corrected chi connectivity index (χ1v) is 6.29. The molecule has 0 amide bonds. The minimum Gasteiger partial charge on any atom is -0.334 e. The smallest absolute Gasteiger partial charge is 0.122 e. The van der Waals surface area contributed by atoms with Crippen LogP contribution in [0.1, 0.15) is 23.4 Å². The highest BCUT2D eigenvalue weighted by Gasteiger charge is 2.01. The summed E-state index contributed by atoms with van der Waals surface area (Å²) in [6.07, 6.45) is 3.84. The molecule has 0 bridgehead atoms. The average molecular weight is 236 g/mol. The Morgan fingerprint density at radius 3 is 3.00 bits per heavy atom. The van der Waals surface area contributed by atoms with Crippen LogP contribution in [-0.2, 0) is 19.6 Å². The summed E-state index contributed by atoms with van der Waals surface area (Å²) in [7, 11) is 0. The Bertz CT molecular complexity index is 446. The summed E-state index contributed by atoms with van der Waals surface area (Å²) in [5.41, 5.74) is 1.11. The molecule has 0 saturated carbocycles. The highest BCUT2D eigenvalue weighted by atomic mass is 32.1. The SMILES string of the molecule is CCn1ccnc1CNCc1csc(C)n1. The zero-order chi connectivity index (χ0) is 11.4. The fourth-order valence-electron chi connectivity index (χ4n) is 1.59. The third kappa shape index (κ3) is 2.68. The van der Waals surface area contributed by atoms with Gasteiger partial charge in [0.2, 0.25) is 0 Å². The van der Waals surface area contributed by atoms with E-state index in [1.165, 1.54) is 0 Å². The van der Waals surface area contributed by atoms with Gasteiger partial charge in [-0.25, -0.2) is 9.97 Å². The van der Waals surface area contributed by atoms with Gasteiger partial charge in [0.1, 0.15) is 5.82 Å². The molecule has 0 aliphatic carbocycles. The van der Waals surface area contributed by atoms with Gasteiger partial charge < -0.3 is 9.88 Å². The van der Waals surface area contributed by atoms with Gasteiger partial charge in [0.15, 0.2) is 0 Å². The van der Waals surface area contributed by atoms with Crippen molar-refractivity contribution in [3.05, 3.63) is 34.3 Å². The maximum atomic E-state index is 4.40. The lowest BCUT2D eigenvalue weighted by atomic mass is 10.4. The van der Waals surface area contributed by atoms with Gasteiger partial charge in [-0.15, -0.1) is 11.3 Å². The van der Waals surface area contributed by atoms with E-state index in [2.05, 4.69) is 32.2 Å². The molecule has 0 saturated heterocycles. The van der Waals surface area contributed by atoms with Crippen LogP contribution in [0.25, 0.3) is 0 Å². The van der Waals surface area contributed by atoms with E-state index in [-0.39, 0.29) is 0 Å². The number of hydrogen-bond donors (Lipinski definition) is 1. The molecule has 16 heavy (non-hydrogen) atoms. The summed E-state index contributed by atoms with van der Waals surface area (Å²) >= 11 is 1.69. The molecule has 0 fully saturated rings. The van der Waals surface area contributed by atoms with Crippen LogP contribution < -0.4 is 5.32 Å². The van der Waals surface area contributed by atoms with E-state index < -0.39 is 0 Å². The van der Waals surface area contributed by atoms with Crippen LogP contribution >= 0.6 is 11.3 Å². The summed E-state index contributed by atoms with van der Waals surface area (Å²) in [4.78, 5) is 8.71. The summed E-state index contributed by atoms with van der Waals surface area (Å²) in [5, 5.41) is 6.56. The Morgan fingerprint density at radius 2 is 2.31 bits per heavy atom. The molecule has 0 atom stereocenters. The van der Waals surface area contributed by atoms with Gasteiger partial charge in [-0.05, 0) is 13.8 Å². The van der Waals surface area contributed by atoms with Gasteiger partial charge in [0.05, 0.1) is 17.2 Å². The van der Waals surface area contributed by atoms with Crippen LogP contribution in [0.3, 0.4) is 0 Å². The van der Waals surface area contributed by atoms with Gasteiger partial charge in [0, 0.05) is 30.9 Å². The van der Waals surface area contributed by atoms with Crippen LogP contribution in [0.15, 0.2) is 17.8 Å². The van der Waals surface area contributed by atoms with Gasteiger partial charge in [-0.1, -0.05) is 0 Å². The van der Waals surface area contributed by atoms with Crippen molar-refractivity contribution in [2.75, 3.05) is 0 Å². The van der Waals surface area contributed by atoms with Crippen LogP contribution in [0.5, 0.6) is 0 Å². The van der Waals surface area contributed by atoms with E-state index in [4.69, 9.17) is 0 Å². The van der Waals surface area contributed by atoms with Crippen molar-refractivity contribution in [3.8, 4) is 0 Å². The lowest BCUT2D eigenvalue weighted by Crippen LogP contribution is -2.16. The van der Waals surface area contributed by atoms with Gasteiger partial charge in [-0.3, -0.25) is 0 Å². The maximum Gasteiger partial charge on any atom is 0.122 e. The molecule has 0 unspecified atom stereocenters. The Kier molecular flexibility index (Phi) is 3.69. The molecular formula is C11H16N4S. The van der Waals surface area contributed by atoms with Crippen molar-refractivity contribution >= 4 is 11.3 Å². The molecule has 1 N–H and O–H groups in total. The molecule has 2 heterocycles. The molecule has 2 aromatic heterocycles. The molecule has 0 aromatic carbocycles. The summed E-state index contributed by atoms with van der Waals surface area (Å²) in [5.74, 6) is 1.08. The first kappa shape index (κ1) is 11.3. The van der Waals surface area contributed by atoms with E-state index >= 15 is 0 Å². The molecule has 0 aliphatic heterocycles. The van der Waals surface area contributed by atoms with E-state index in [9.17, 15) is 0 Å². The zero-order valence-corrected chi connectivity index (χ0v) is 10.4. The fourth-order valence-corrected chi connectivity index (χ4v) is 2.20. The molecule has 0 aliphatic rings. The molecule has 4 nitrogen and oxygen atoms in total. The van der Waals surface area contributed by atoms with Crippen molar-refractivity contribution in [2.24, 2.45) is 0 Å². The highest BCUT2D eigenvalue weighted by Crippen LogP contribution is 2.07. The maximum absolute atomic E-state index is 4.40. The third-order valence-corrected chi connectivity index (χ3v) is 3.22. The van der Waals surface area contributed by atoms with E-state index in [0.29, 0.717) is 0 Å². The zero-order valence-electron chi connectivity index (χ0n) is 9.60. The standard InChI is InChI=1S/C11H16N4S/c1-3-15-5-4-13-11(15)7-12-6-10-8-16-9(2)14-10/h4-5,8,12H,3,6-7H2,1-2H3. The number of aromatic nitrogens is 3. The molecule has 86 valence electrons. The number of rotatable bonds is 5. The normalized spacial score (nSPS) is 10.9. The van der Waals surface area contributed by atoms with Gasteiger partial charge in [-0.2, -0.15) is 0 Å². The Labute approximate surface area is 99.4 Å². The Hall–Kier alpha value is -1.20. The number of nitrogens with zero attached hydrogens (tertiary/aromatic N) is 3. The first-order valence-electron chi connectivity index (χ1n) is 5.41. The van der Waals surface area contributed by atoms with Crippen molar-refractivity contribution in [1.29, 1.82) is 0 Å². The van der Waals surface area contributed by atoms with Crippen LogP contribution in [0.4, 0.5) is 0 Å². The predicted molar refractivity (Wildman–Crippen MR) is 65.3 cm³/mol. The number of imidazole rings is 1. The van der Waals surface area contributed by atoms with Crippen molar-refractivity contribution in [2.45, 2.75) is 33.5 Å². The largest absolute Gasteiger partial charge is 0.334 e. The summed E-state index contributed by atoms with van der Waals surface area (Å²) in [6, 6.07) is 0. The topological polar surface area (TPSA) is 42.7 Å². The van der Waals surface area contributed by atoms with E-state index in [1.807, 2.05) is 19.3 Å². The average Bonchev–Trinajstić information content (AvgIpc) is 2.87. The lowest BCUT2D eigenvalue weighted by molar-refractivity contribution is 0.608. The third-order valence-electron chi connectivity index (χ3n) is 2.40. The number of aryl methyl sites for hydroxylation is 2. The molecule has 5 heteroatoms. The van der Waals surface area contributed by atoms with E-state index in [0.717, 1.165) is 36.2 Å². The minimum atomic E-state index is 0.789. The van der Waals surface area contributed by atoms with Crippen molar-refractivity contribution in [3.63, 3.8) is 0 Å². The van der Waals surface area contributed by atoms with Crippen molar-refractivity contribution in [1.82, 2.24) is 19.9 Å². The summed E-state index contributed by atoms with van der Waals surface area (Å²) in [6.45, 7) is 6.71. The molecule has 0 radical (unpaired) electrons. The minimum absolute atomic E-state index is 0.789. The second-order valence-corrected chi connectivity index (χ2v) is 4.65.